The Hall–Kier alpha value is -2.83. The average Bonchev–Trinajstić information content (AvgIpc) is 3.10. The van der Waals surface area contributed by atoms with Crippen molar-refractivity contribution in [3.05, 3.63) is 42.2 Å². The van der Waals surface area contributed by atoms with Gasteiger partial charge in [0.2, 0.25) is 11.8 Å². The smallest absolute Gasteiger partial charge is 0.257 e. The standard InChI is InChI=1S/C18H21N3O4/c1-3-24-15-7-5-4-6-14(15)18(22)21-9-8-13(12-21)25-17-11-19-10-16(20-17)23-2/h4-7,10-11,13H,3,8-9,12H2,1-2H3. The Labute approximate surface area is 146 Å². The number of likely N-dealkylation sites (tertiary alicyclic amines) is 1. The lowest BCUT2D eigenvalue weighted by Gasteiger charge is -2.18. The summed E-state index contributed by atoms with van der Waals surface area (Å²) in [6.07, 6.45) is 3.67. The van der Waals surface area contributed by atoms with E-state index in [4.69, 9.17) is 14.2 Å². The van der Waals surface area contributed by atoms with Crippen molar-refractivity contribution in [2.75, 3.05) is 26.8 Å². The summed E-state index contributed by atoms with van der Waals surface area (Å²) in [5.74, 6) is 1.35. The first-order valence-corrected chi connectivity index (χ1v) is 8.25. The van der Waals surface area contributed by atoms with Gasteiger partial charge >= 0.3 is 0 Å². The summed E-state index contributed by atoms with van der Waals surface area (Å²) >= 11 is 0. The highest BCUT2D eigenvalue weighted by Gasteiger charge is 2.30. The Morgan fingerprint density at radius 1 is 1.28 bits per heavy atom. The van der Waals surface area contributed by atoms with E-state index in [1.54, 1.807) is 11.0 Å². The summed E-state index contributed by atoms with van der Waals surface area (Å²) < 4.78 is 16.4. The van der Waals surface area contributed by atoms with E-state index in [9.17, 15) is 4.79 Å². The molecule has 0 radical (unpaired) electrons. The Morgan fingerprint density at radius 3 is 2.88 bits per heavy atom. The third kappa shape index (κ3) is 3.99. The molecule has 132 valence electrons. The van der Waals surface area contributed by atoms with Crippen LogP contribution < -0.4 is 14.2 Å². The van der Waals surface area contributed by atoms with Crippen molar-refractivity contribution in [1.82, 2.24) is 14.9 Å². The van der Waals surface area contributed by atoms with Gasteiger partial charge in [0.15, 0.2) is 0 Å². The van der Waals surface area contributed by atoms with E-state index < -0.39 is 0 Å². The SMILES string of the molecule is CCOc1ccccc1C(=O)N1CCC(Oc2cncc(OC)n2)C1. The van der Waals surface area contributed by atoms with Crippen molar-refractivity contribution < 1.29 is 19.0 Å². The number of methoxy groups -OCH3 is 1. The number of para-hydroxylation sites is 1. The molecular formula is C18H21N3O4. The van der Waals surface area contributed by atoms with Crippen LogP contribution in [0.5, 0.6) is 17.5 Å². The summed E-state index contributed by atoms with van der Waals surface area (Å²) in [7, 11) is 1.53. The molecule has 2 aromatic rings. The number of hydrogen-bond donors (Lipinski definition) is 0. The number of amides is 1. The molecule has 0 spiro atoms. The maximum absolute atomic E-state index is 12.8. The van der Waals surface area contributed by atoms with Crippen LogP contribution in [0.15, 0.2) is 36.7 Å². The zero-order valence-corrected chi connectivity index (χ0v) is 14.3. The van der Waals surface area contributed by atoms with Crippen LogP contribution in [0.1, 0.15) is 23.7 Å². The molecule has 1 aromatic heterocycles. The Kier molecular flexibility index (Phi) is 5.33. The van der Waals surface area contributed by atoms with Gasteiger partial charge in [-0.1, -0.05) is 12.1 Å². The summed E-state index contributed by atoms with van der Waals surface area (Å²) in [6, 6.07) is 7.30. The van der Waals surface area contributed by atoms with Crippen LogP contribution in [-0.2, 0) is 0 Å². The minimum atomic E-state index is -0.121. The van der Waals surface area contributed by atoms with Gasteiger partial charge in [0, 0.05) is 13.0 Å². The highest BCUT2D eigenvalue weighted by atomic mass is 16.5. The van der Waals surface area contributed by atoms with Gasteiger partial charge in [-0.15, -0.1) is 0 Å². The van der Waals surface area contributed by atoms with Crippen molar-refractivity contribution in [3.63, 3.8) is 0 Å². The van der Waals surface area contributed by atoms with E-state index in [2.05, 4.69) is 9.97 Å². The second-order valence-corrected chi connectivity index (χ2v) is 5.61. The van der Waals surface area contributed by atoms with Crippen molar-refractivity contribution in [2.45, 2.75) is 19.4 Å². The molecule has 1 fully saturated rings. The van der Waals surface area contributed by atoms with Crippen LogP contribution in [0.4, 0.5) is 0 Å². The minimum absolute atomic E-state index is 0.0492. The second-order valence-electron chi connectivity index (χ2n) is 5.61. The quantitative estimate of drug-likeness (QED) is 0.800. The fourth-order valence-electron chi connectivity index (χ4n) is 2.76. The predicted molar refractivity (Wildman–Crippen MR) is 91.1 cm³/mol. The fourth-order valence-corrected chi connectivity index (χ4v) is 2.76. The first-order valence-electron chi connectivity index (χ1n) is 8.25. The molecular weight excluding hydrogens is 322 g/mol. The van der Waals surface area contributed by atoms with Gasteiger partial charge in [0.1, 0.15) is 11.9 Å². The number of hydrogen-bond acceptors (Lipinski definition) is 6. The second kappa shape index (κ2) is 7.83. The van der Waals surface area contributed by atoms with E-state index in [1.807, 2.05) is 25.1 Å². The van der Waals surface area contributed by atoms with Crippen LogP contribution in [0.3, 0.4) is 0 Å². The molecule has 2 heterocycles. The molecule has 0 saturated carbocycles. The highest BCUT2D eigenvalue weighted by molar-refractivity contribution is 5.97. The van der Waals surface area contributed by atoms with Gasteiger partial charge in [0.25, 0.3) is 5.91 Å². The third-order valence-electron chi connectivity index (χ3n) is 3.94. The maximum Gasteiger partial charge on any atom is 0.257 e. The number of ether oxygens (including phenoxy) is 3. The number of carbonyl (C=O) groups excluding carboxylic acids is 1. The first kappa shape index (κ1) is 17.0. The van der Waals surface area contributed by atoms with E-state index in [-0.39, 0.29) is 12.0 Å². The molecule has 0 bridgehead atoms. The normalized spacial score (nSPS) is 16.6. The van der Waals surface area contributed by atoms with Gasteiger partial charge < -0.3 is 19.1 Å². The molecule has 7 nitrogen and oxygen atoms in total. The average molecular weight is 343 g/mol. The summed E-state index contributed by atoms with van der Waals surface area (Å²) in [5.41, 5.74) is 0.575. The highest BCUT2D eigenvalue weighted by Crippen LogP contribution is 2.24. The topological polar surface area (TPSA) is 73.8 Å². The lowest BCUT2D eigenvalue weighted by atomic mass is 10.2. The Morgan fingerprint density at radius 2 is 2.08 bits per heavy atom. The molecule has 1 aromatic carbocycles. The molecule has 1 amide bonds. The summed E-state index contributed by atoms with van der Waals surface area (Å²) in [5, 5.41) is 0. The molecule has 1 aliphatic rings. The Bertz CT molecular complexity index is 738. The molecule has 25 heavy (non-hydrogen) atoms. The number of benzene rings is 1. The van der Waals surface area contributed by atoms with Gasteiger partial charge in [-0.2, -0.15) is 4.98 Å². The van der Waals surface area contributed by atoms with Crippen LogP contribution in [0, 0.1) is 0 Å². The minimum Gasteiger partial charge on any atom is -0.493 e. The van der Waals surface area contributed by atoms with Crippen molar-refractivity contribution in [3.8, 4) is 17.5 Å². The molecule has 1 unspecified atom stereocenters. The molecule has 3 rings (SSSR count). The third-order valence-corrected chi connectivity index (χ3v) is 3.94. The number of rotatable bonds is 6. The van der Waals surface area contributed by atoms with Crippen molar-refractivity contribution in [1.29, 1.82) is 0 Å². The van der Waals surface area contributed by atoms with E-state index in [0.29, 0.717) is 42.8 Å². The molecule has 0 N–H and O–H groups in total. The van der Waals surface area contributed by atoms with Crippen LogP contribution in [0.2, 0.25) is 0 Å². The van der Waals surface area contributed by atoms with E-state index >= 15 is 0 Å². The number of aromatic nitrogens is 2. The lowest BCUT2D eigenvalue weighted by Crippen LogP contribution is -2.31. The molecule has 0 aliphatic carbocycles. The molecule has 1 aliphatic heterocycles. The molecule has 1 atom stereocenters. The van der Waals surface area contributed by atoms with Crippen molar-refractivity contribution >= 4 is 5.91 Å². The van der Waals surface area contributed by atoms with Crippen LogP contribution in [-0.4, -0.2) is 53.7 Å². The van der Waals surface area contributed by atoms with Crippen LogP contribution >= 0.6 is 0 Å². The maximum atomic E-state index is 12.8. The van der Waals surface area contributed by atoms with E-state index in [0.717, 1.165) is 6.42 Å². The molecule has 7 heteroatoms. The zero-order chi connectivity index (χ0) is 17.6. The monoisotopic (exact) mass is 343 g/mol. The number of carbonyl (C=O) groups is 1. The summed E-state index contributed by atoms with van der Waals surface area (Å²) in [6.45, 7) is 3.54. The molecule has 1 saturated heterocycles. The van der Waals surface area contributed by atoms with Gasteiger partial charge in [-0.05, 0) is 19.1 Å². The summed E-state index contributed by atoms with van der Waals surface area (Å²) in [4.78, 5) is 22.8. The van der Waals surface area contributed by atoms with Gasteiger partial charge in [-0.3, -0.25) is 9.78 Å². The largest absolute Gasteiger partial charge is 0.493 e. The van der Waals surface area contributed by atoms with Crippen LogP contribution in [0.25, 0.3) is 0 Å². The predicted octanol–water partition coefficient (Wildman–Crippen LogP) is 2.18. The van der Waals surface area contributed by atoms with Gasteiger partial charge in [-0.25, -0.2) is 0 Å². The fraction of sp³-hybridized carbons (Fsp3) is 0.389. The van der Waals surface area contributed by atoms with E-state index in [1.165, 1.54) is 19.5 Å². The Balaban J connectivity index is 1.65. The lowest BCUT2D eigenvalue weighted by molar-refractivity contribution is 0.0766. The first-order chi connectivity index (χ1) is 12.2. The zero-order valence-electron chi connectivity index (χ0n) is 14.3. The van der Waals surface area contributed by atoms with Crippen molar-refractivity contribution in [2.24, 2.45) is 0 Å². The van der Waals surface area contributed by atoms with Gasteiger partial charge in [0.05, 0.1) is 38.2 Å². The number of nitrogens with zero attached hydrogens (tertiary/aromatic N) is 3.